The minimum absolute atomic E-state index is 0. The molecule has 1 aliphatic heterocycles. The SMILES string of the molecule is Cl.ON=C1CCc2cc(-c3nc(C4CCNCC4)[nH]c3-c3ccncc3)ccc21. The lowest BCUT2D eigenvalue weighted by Gasteiger charge is -2.20. The van der Waals surface area contributed by atoms with Gasteiger partial charge in [0.15, 0.2) is 0 Å². The van der Waals surface area contributed by atoms with Crippen molar-refractivity contribution >= 4 is 18.1 Å². The molecule has 2 aromatic heterocycles. The predicted octanol–water partition coefficient (Wildman–Crippen LogP) is 4.15. The van der Waals surface area contributed by atoms with E-state index in [0.29, 0.717) is 5.92 Å². The van der Waals surface area contributed by atoms with E-state index in [0.717, 1.165) is 78.4 Å². The van der Waals surface area contributed by atoms with Crippen LogP contribution in [-0.2, 0) is 6.42 Å². The summed E-state index contributed by atoms with van der Waals surface area (Å²) in [5.41, 5.74) is 7.26. The zero-order valence-corrected chi connectivity index (χ0v) is 16.9. The van der Waals surface area contributed by atoms with Crippen molar-refractivity contribution in [3.8, 4) is 22.5 Å². The van der Waals surface area contributed by atoms with E-state index < -0.39 is 0 Å². The lowest BCUT2D eigenvalue weighted by Crippen LogP contribution is -2.27. The summed E-state index contributed by atoms with van der Waals surface area (Å²) >= 11 is 0. The lowest BCUT2D eigenvalue weighted by atomic mass is 9.97. The Morgan fingerprint density at radius 3 is 2.55 bits per heavy atom. The number of H-pyrrole nitrogens is 1. The molecular formula is C22H24ClN5O. The molecule has 0 spiro atoms. The number of halogens is 1. The van der Waals surface area contributed by atoms with Gasteiger partial charge in [0, 0.05) is 35.0 Å². The molecule has 1 saturated heterocycles. The molecule has 1 aromatic carbocycles. The summed E-state index contributed by atoms with van der Waals surface area (Å²) in [6.07, 6.45) is 7.52. The normalized spacial score (nSPS) is 17.9. The first kappa shape index (κ1) is 19.6. The van der Waals surface area contributed by atoms with Crippen LogP contribution in [0.15, 0.2) is 47.9 Å². The second-order valence-corrected chi connectivity index (χ2v) is 7.52. The number of piperidine rings is 1. The fraction of sp³-hybridized carbons (Fsp3) is 0.318. The lowest BCUT2D eigenvalue weighted by molar-refractivity contribution is 0.318. The van der Waals surface area contributed by atoms with Crippen molar-refractivity contribution in [2.24, 2.45) is 5.16 Å². The van der Waals surface area contributed by atoms with Gasteiger partial charge in [-0.1, -0.05) is 17.3 Å². The summed E-state index contributed by atoms with van der Waals surface area (Å²) in [7, 11) is 0. The van der Waals surface area contributed by atoms with Crippen LogP contribution >= 0.6 is 12.4 Å². The summed E-state index contributed by atoms with van der Waals surface area (Å²) in [6, 6.07) is 10.4. The number of aromatic amines is 1. The van der Waals surface area contributed by atoms with Crippen LogP contribution in [0.2, 0.25) is 0 Å². The number of aryl methyl sites for hydroxylation is 1. The van der Waals surface area contributed by atoms with Crippen LogP contribution < -0.4 is 5.32 Å². The molecule has 0 amide bonds. The number of pyridine rings is 1. The van der Waals surface area contributed by atoms with E-state index in [4.69, 9.17) is 4.98 Å². The van der Waals surface area contributed by atoms with Gasteiger partial charge in [-0.2, -0.15) is 0 Å². The van der Waals surface area contributed by atoms with Gasteiger partial charge in [0.2, 0.25) is 0 Å². The van der Waals surface area contributed by atoms with Crippen molar-refractivity contribution in [3.05, 3.63) is 59.7 Å². The standard InChI is InChI=1S/C22H23N5O.ClH/c28-27-19-4-2-16-13-17(1-3-18(16)19)21-20(14-5-9-23-10-6-14)25-22(26-21)15-7-11-24-12-8-15;/h1,3,5-6,9-10,13,15,24,28H,2,4,7-8,11-12H2,(H,25,26);1H. The molecular weight excluding hydrogens is 386 g/mol. The topological polar surface area (TPSA) is 86.2 Å². The number of fused-ring (bicyclic) bond motifs is 1. The summed E-state index contributed by atoms with van der Waals surface area (Å²) in [5, 5.41) is 16.1. The smallest absolute Gasteiger partial charge is 0.110 e. The molecule has 6 nitrogen and oxygen atoms in total. The Balaban J connectivity index is 0.00000205. The second-order valence-electron chi connectivity index (χ2n) is 7.52. The first-order valence-corrected chi connectivity index (χ1v) is 9.89. The van der Waals surface area contributed by atoms with Crippen LogP contribution in [0.1, 0.15) is 42.1 Å². The van der Waals surface area contributed by atoms with Crippen LogP contribution in [0.4, 0.5) is 0 Å². The van der Waals surface area contributed by atoms with Crippen LogP contribution in [0.25, 0.3) is 22.5 Å². The van der Waals surface area contributed by atoms with E-state index in [2.05, 4.69) is 38.6 Å². The average molecular weight is 410 g/mol. The zero-order valence-electron chi connectivity index (χ0n) is 16.1. The summed E-state index contributed by atoms with van der Waals surface area (Å²) in [4.78, 5) is 12.8. The summed E-state index contributed by atoms with van der Waals surface area (Å²) < 4.78 is 0. The maximum atomic E-state index is 9.20. The van der Waals surface area contributed by atoms with Crippen molar-refractivity contribution in [2.75, 3.05) is 13.1 Å². The van der Waals surface area contributed by atoms with Gasteiger partial charge in [0.05, 0.1) is 17.1 Å². The molecule has 0 atom stereocenters. The van der Waals surface area contributed by atoms with E-state index in [9.17, 15) is 5.21 Å². The van der Waals surface area contributed by atoms with Gasteiger partial charge in [0.25, 0.3) is 0 Å². The Kier molecular flexibility index (Phi) is 5.65. The third-order valence-corrected chi connectivity index (χ3v) is 5.86. The summed E-state index contributed by atoms with van der Waals surface area (Å²) in [5.74, 6) is 1.53. The first-order chi connectivity index (χ1) is 13.8. The minimum Gasteiger partial charge on any atom is -0.411 e. The number of hydrogen-bond acceptors (Lipinski definition) is 5. The minimum atomic E-state index is 0. The van der Waals surface area contributed by atoms with Crippen molar-refractivity contribution in [1.29, 1.82) is 0 Å². The highest BCUT2D eigenvalue weighted by Crippen LogP contribution is 2.35. The number of nitrogens with zero attached hydrogens (tertiary/aromatic N) is 3. The highest BCUT2D eigenvalue weighted by molar-refractivity contribution is 6.04. The van der Waals surface area contributed by atoms with Crippen LogP contribution in [0.3, 0.4) is 0 Å². The van der Waals surface area contributed by atoms with Gasteiger partial charge < -0.3 is 15.5 Å². The summed E-state index contributed by atoms with van der Waals surface area (Å²) in [6.45, 7) is 2.07. The maximum Gasteiger partial charge on any atom is 0.110 e. The van der Waals surface area contributed by atoms with Crippen LogP contribution in [0, 0.1) is 0 Å². The Bertz CT molecular complexity index is 1020. The highest BCUT2D eigenvalue weighted by atomic mass is 35.5. The largest absolute Gasteiger partial charge is 0.411 e. The van der Waals surface area contributed by atoms with Gasteiger partial charge in [-0.15, -0.1) is 12.4 Å². The second kappa shape index (κ2) is 8.35. The molecule has 1 aliphatic carbocycles. The van der Waals surface area contributed by atoms with E-state index in [-0.39, 0.29) is 12.4 Å². The van der Waals surface area contributed by atoms with Crippen molar-refractivity contribution < 1.29 is 5.21 Å². The molecule has 2 aliphatic rings. The molecule has 5 rings (SSSR count). The number of oxime groups is 1. The number of hydrogen-bond donors (Lipinski definition) is 3. The van der Waals surface area contributed by atoms with E-state index in [1.165, 1.54) is 5.56 Å². The van der Waals surface area contributed by atoms with Crippen molar-refractivity contribution in [2.45, 2.75) is 31.6 Å². The number of rotatable bonds is 3. The quantitative estimate of drug-likeness (QED) is 0.448. The molecule has 3 heterocycles. The van der Waals surface area contributed by atoms with E-state index >= 15 is 0 Å². The van der Waals surface area contributed by atoms with Crippen LogP contribution in [-0.4, -0.2) is 39.0 Å². The Hall–Kier alpha value is -2.70. The zero-order chi connectivity index (χ0) is 18.9. The Morgan fingerprint density at radius 2 is 1.79 bits per heavy atom. The molecule has 0 bridgehead atoms. The molecule has 7 heteroatoms. The van der Waals surface area contributed by atoms with E-state index in [1.54, 1.807) is 0 Å². The number of imidazole rings is 1. The third kappa shape index (κ3) is 3.66. The van der Waals surface area contributed by atoms with Gasteiger partial charge in [0.1, 0.15) is 5.82 Å². The van der Waals surface area contributed by atoms with E-state index in [1.807, 2.05) is 24.5 Å². The fourth-order valence-corrected chi connectivity index (χ4v) is 4.34. The molecule has 29 heavy (non-hydrogen) atoms. The third-order valence-electron chi connectivity index (χ3n) is 5.86. The first-order valence-electron chi connectivity index (χ1n) is 9.89. The molecule has 1 fully saturated rings. The molecule has 3 N–H and O–H groups in total. The molecule has 150 valence electrons. The van der Waals surface area contributed by atoms with Crippen LogP contribution in [0.5, 0.6) is 0 Å². The van der Waals surface area contributed by atoms with Gasteiger partial charge in [-0.3, -0.25) is 4.98 Å². The Morgan fingerprint density at radius 1 is 1.00 bits per heavy atom. The van der Waals surface area contributed by atoms with Gasteiger partial charge >= 0.3 is 0 Å². The molecule has 3 aromatic rings. The van der Waals surface area contributed by atoms with Crippen molar-refractivity contribution in [3.63, 3.8) is 0 Å². The predicted molar refractivity (Wildman–Crippen MR) is 116 cm³/mol. The Labute approximate surface area is 175 Å². The van der Waals surface area contributed by atoms with Gasteiger partial charge in [-0.25, -0.2) is 4.98 Å². The molecule has 0 unspecified atom stereocenters. The highest BCUT2D eigenvalue weighted by Gasteiger charge is 2.24. The number of benzene rings is 1. The number of aromatic nitrogens is 3. The van der Waals surface area contributed by atoms with Crippen molar-refractivity contribution in [1.82, 2.24) is 20.3 Å². The average Bonchev–Trinajstić information content (AvgIpc) is 3.39. The number of nitrogens with one attached hydrogen (secondary N) is 2. The fourth-order valence-electron chi connectivity index (χ4n) is 4.34. The maximum absolute atomic E-state index is 9.20. The monoisotopic (exact) mass is 409 g/mol. The molecule has 0 saturated carbocycles. The molecule has 0 radical (unpaired) electrons. The van der Waals surface area contributed by atoms with Gasteiger partial charge in [-0.05, 0) is 62.5 Å².